The summed E-state index contributed by atoms with van der Waals surface area (Å²) in [6, 6.07) is -0.927. The number of amides is 4. The smallest absolute Gasteiger partial charge is 0.336 e. The van der Waals surface area contributed by atoms with Crippen LogP contribution in [-0.2, 0) is 29.2 Å². The summed E-state index contributed by atoms with van der Waals surface area (Å²) < 4.78 is 2.03. The second kappa shape index (κ2) is 13.3. The van der Waals surface area contributed by atoms with E-state index in [0.717, 1.165) is 14.4 Å². The fraction of sp³-hybridized carbons (Fsp3) is 0.667. The highest BCUT2D eigenvalue weighted by atomic mass is 16.3. The molecule has 13 heteroatoms. The molecule has 1 aliphatic heterocycles. The second-order valence-corrected chi connectivity index (χ2v) is 8.54. The molecule has 0 spiro atoms. The number of carbonyl (C=O) groups excluding carboxylic acids is 3. The van der Waals surface area contributed by atoms with Crippen molar-refractivity contribution >= 4 is 17.8 Å². The number of nitrogens with zero attached hydrogens (tertiary/aromatic N) is 5. The molecule has 1 aromatic heterocycles. The maximum absolute atomic E-state index is 13.1. The summed E-state index contributed by atoms with van der Waals surface area (Å²) in [7, 11) is 1.24. The predicted octanol–water partition coefficient (Wildman–Crippen LogP) is -0.0113. The van der Waals surface area contributed by atoms with Gasteiger partial charge in [-0.1, -0.05) is 41.7 Å². The number of rotatable bonds is 11. The molecule has 2 N–H and O–H groups in total. The number of allylic oxidation sites excluding steroid dienone is 1. The van der Waals surface area contributed by atoms with E-state index in [1.807, 2.05) is 0 Å². The summed E-state index contributed by atoms with van der Waals surface area (Å²) in [6.45, 7) is 6.62. The number of carbonyl (C=O) groups is 3. The van der Waals surface area contributed by atoms with Gasteiger partial charge in [0, 0.05) is 7.05 Å². The Morgan fingerprint density at radius 3 is 1.68 bits per heavy atom. The standard InChI is InChI=1S/C22H33N5O8.2CH4/c1-6-10-24-19(33)26(11-14(28)7-2)21(35)27(20(24)34)13-15(29)12-25-17(31)22(8-3,9-4)16(30)23(5)18(25)32;;/h6,14-15,28-29H,1,7-13H2,2-5H3;2*1H4. The van der Waals surface area contributed by atoms with Gasteiger partial charge < -0.3 is 10.2 Å². The van der Waals surface area contributed by atoms with Crippen LogP contribution in [0.1, 0.15) is 54.9 Å². The molecular weight excluding hydrogens is 486 g/mol. The molecule has 0 radical (unpaired) electrons. The largest absolute Gasteiger partial charge is 0.391 e. The minimum Gasteiger partial charge on any atom is -0.391 e. The van der Waals surface area contributed by atoms with Crippen LogP contribution in [0.25, 0.3) is 0 Å². The number of aliphatic hydroxyl groups excluding tert-OH is 2. The van der Waals surface area contributed by atoms with Crippen LogP contribution in [0.3, 0.4) is 0 Å². The maximum Gasteiger partial charge on any atom is 0.336 e. The lowest BCUT2D eigenvalue weighted by atomic mass is 9.78. The van der Waals surface area contributed by atoms with Gasteiger partial charge >= 0.3 is 23.1 Å². The van der Waals surface area contributed by atoms with Crippen molar-refractivity contribution in [3.63, 3.8) is 0 Å². The minimum atomic E-state index is -1.57. The van der Waals surface area contributed by atoms with E-state index in [9.17, 15) is 39.0 Å². The summed E-state index contributed by atoms with van der Waals surface area (Å²) >= 11 is 0. The fourth-order valence-electron chi connectivity index (χ4n) is 4.14. The Hall–Kier alpha value is -3.32. The van der Waals surface area contributed by atoms with Crippen LogP contribution >= 0.6 is 0 Å². The molecule has 2 atom stereocenters. The van der Waals surface area contributed by atoms with E-state index in [1.165, 1.54) is 13.1 Å². The Morgan fingerprint density at radius 2 is 1.24 bits per heavy atom. The van der Waals surface area contributed by atoms with Gasteiger partial charge in [0.15, 0.2) is 0 Å². The van der Waals surface area contributed by atoms with Gasteiger partial charge in [-0.3, -0.25) is 19.4 Å². The van der Waals surface area contributed by atoms with Crippen LogP contribution in [0.15, 0.2) is 27.0 Å². The monoisotopic (exact) mass is 527 g/mol. The van der Waals surface area contributed by atoms with Crippen molar-refractivity contribution in [1.29, 1.82) is 0 Å². The first kappa shape index (κ1) is 33.7. The van der Waals surface area contributed by atoms with E-state index < -0.39 is 65.6 Å². The Kier molecular flexibility index (Phi) is 12.1. The van der Waals surface area contributed by atoms with Gasteiger partial charge in [-0.05, 0) is 19.3 Å². The Morgan fingerprint density at radius 1 is 0.784 bits per heavy atom. The second-order valence-electron chi connectivity index (χ2n) is 8.54. The lowest BCUT2D eigenvalue weighted by Crippen LogP contribution is -2.65. The Bertz CT molecular complexity index is 1180. The molecule has 1 aromatic rings. The zero-order valence-corrected chi connectivity index (χ0v) is 20.5. The summed E-state index contributed by atoms with van der Waals surface area (Å²) in [6.07, 6.45) is -0.788. The first-order chi connectivity index (χ1) is 16.4. The number of aromatic nitrogens is 3. The van der Waals surface area contributed by atoms with Crippen LogP contribution in [0.5, 0.6) is 0 Å². The molecule has 37 heavy (non-hydrogen) atoms. The van der Waals surface area contributed by atoms with Crippen molar-refractivity contribution in [3.05, 3.63) is 44.1 Å². The fourth-order valence-corrected chi connectivity index (χ4v) is 4.14. The molecule has 2 rings (SSSR count). The number of hydrogen-bond acceptors (Lipinski definition) is 8. The average molecular weight is 528 g/mol. The van der Waals surface area contributed by atoms with Crippen molar-refractivity contribution < 1.29 is 24.6 Å². The normalized spacial score (nSPS) is 16.6. The van der Waals surface area contributed by atoms with Crippen molar-refractivity contribution in [3.8, 4) is 0 Å². The van der Waals surface area contributed by atoms with E-state index >= 15 is 0 Å². The van der Waals surface area contributed by atoms with Gasteiger partial charge in [-0.2, -0.15) is 0 Å². The molecule has 2 heterocycles. The average Bonchev–Trinajstić information content (AvgIpc) is 2.84. The molecule has 210 valence electrons. The van der Waals surface area contributed by atoms with Crippen molar-refractivity contribution in [2.45, 2.75) is 86.7 Å². The van der Waals surface area contributed by atoms with E-state index in [0.29, 0.717) is 9.13 Å². The molecule has 0 aliphatic carbocycles. The minimum absolute atomic E-state index is 0. The molecular formula is C24H41N5O8. The van der Waals surface area contributed by atoms with Gasteiger partial charge in [-0.15, -0.1) is 6.58 Å². The highest BCUT2D eigenvalue weighted by Crippen LogP contribution is 2.35. The Balaban J connectivity index is 0.00000648. The molecule has 2 unspecified atom stereocenters. The zero-order chi connectivity index (χ0) is 26.7. The van der Waals surface area contributed by atoms with Crippen LogP contribution < -0.4 is 17.1 Å². The third-order valence-corrected chi connectivity index (χ3v) is 6.44. The predicted molar refractivity (Wildman–Crippen MR) is 138 cm³/mol. The first-order valence-corrected chi connectivity index (χ1v) is 11.5. The summed E-state index contributed by atoms with van der Waals surface area (Å²) in [5.74, 6) is -1.39. The number of urea groups is 1. The number of β-amino-alcohol motifs (C(OH)–C–C–N with tert-alkyl or cyclic N) is 1. The number of barbiturate groups is 1. The van der Waals surface area contributed by atoms with Crippen molar-refractivity contribution in [2.24, 2.45) is 5.41 Å². The Labute approximate surface area is 216 Å². The van der Waals surface area contributed by atoms with Crippen LogP contribution in [0.4, 0.5) is 4.79 Å². The molecule has 1 fully saturated rings. The first-order valence-electron chi connectivity index (χ1n) is 11.5. The molecule has 13 nitrogen and oxygen atoms in total. The van der Waals surface area contributed by atoms with E-state index in [2.05, 4.69) is 6.58 Å². The molecule has 1 saturated heterocycles. The van der Waals surface area contributed by atoms with Crippen LogP contribution in [-0.4, -0.2) is 77.4 Å². The number of imide groups is 2. The van der Waals surface area contributed by atoms with Gasteiger partial charge in [-0.25, -0.2) is 32.9 Å². The molecule has 0 aromatic carbocycles. The third kappa shape index (κ3) is 5.99. The zero-order valence-electron chi connectivity index (χ0n) is 20.5. The van der Waals surface area contributed by atoms with Crippen molar-refractivity contribution in [1.82, 2.24) is 23.5 Å². The van der Waals surface area contributed by atoms with Crippen LogP contribution in [0.2, 0.25) is 0 Å². The van der Waals surface area contributed by atoms with Crippen LogP contribution in [0, 0.1) is 5.41 Å². The molecule has 0 saturated carbocycles. The lowest BCUT2D eigenvalue weighted by molar-refractivity contribution is -0.159. The molecule has 4 amide bonds. The SMILES string of the molecule is C.C.C=CCn1c(=O)n(CC(O)CC)c(=O)n(CC(O)CN2C(=O)N(C)C(=O)C(CC)(CC)C2=O)c1=O. The van der Waals surface area contributed by atoms with E-state index in [-0.39, 0.29) is 47.2 Å². The van der Waals surface area contributed by atoms with Crippen molar-refractivity contribution in [2.75, 3.05) is 13.6 Å². The number of hydrogen-bond donors (Lipinski definition) is 2. The van der Waals surface area contributed by atoms with Gasteiger partial charge in [0.1, 0.15) is 5.41 Å². The molecule has 0 bridgehead atoms. The topological polar surface area (TPSA) is 164 Å². The van der Waals surface area contributed by atoms with Gasteiger partial charge in [0.2, 0.25) is 11.8 Å². The van der Waals surface area contributed by atoms with E-state index in [4.69, 9.17) is 0 Å². The summed E-state index contributed by atoms with van der Waals surface area (Å²) in [4.78, 5) is 78.4. The quantitative estimate of drug-likeness (QED) is 0.300. The number of aliphatic hydroxyl groups is 2. The lowest BCUT2D eigenvalue weighted by Gasteiger charge is -2.42. The molecule has 1 aliphatic rings. The third-order valence-electron chi connectivity index (χ3n) is 6.44. The van der Waals surface area contributed by atoms with Gasteiger partial charge in [0.05, 0.1) is 38.4 Å². The highest BCUT2D eigenvalue weighted by Gasteiger charge is 2.54. The van der Waals surface area contributed by atoms with E-state index in [1.54, 1.807) is 20.8 Å². The highest BCUT2D eigenvalue weighted by molar-refractivity contribution is 6.18. The summed E-state index contributed by atoms with van der Waals surface area (Å²) in [5, 5.41) is 20.7. The maximum atomic E-state index is 13.1. The summed E-state index contributed by atoms with van der Waals surface area (Å²) in [5.41, 5.74) is -4.46. The van der Waals surface area contributed by atoms with Gasteiger partial charge in [0.25, 0.3) is 0 Å².